The first kappa shape index (κ1) is 18.7. The van der Waals surface area contributed by atoms with Crippen LogP contribution in [0.15, 0.2) is 50.4 Å². The summed E-state index contributed by atoms with van der Waals surface area (Å²) in [5, 5.41) is 6.59. The average Bonchev–Trinajstić information content (AvgIpc) is 2.97. The van der Waals surface area contributed by atoms with Gasteiger partial charge in [0.15, 0.2) is 3.77 Å². The number of amides is 2. The second-order valence-electron chi connectivity index (χ2n) is 4.77. The van der Waals surface area contributed by atoms with Crippen molar-refractivity contribution in [1.29, 1.82) is 0 Å². The lowest BCUT2D eigenvalue weighted by atomic mass is 10.2. The summed E-state index contributed by atoms with van der Waals surface area (Å²) in [7, 11) is 0. The Balaban J connectivity index is 1.65. The highest BCUT2D eigenvalue weighted by Crippen LogP contribution is 2.15. The molecule has 1 heterocycles. The maximum atomic E-state index is 12.0. The van der Waals surface area contributed by atoms with Gasteiger partial charge in [0.05, 0.1) is 11.8 Å². The van der Waals surface area contributed by atoms with Gasteiger partial charge in [0.2, 0.25) is 5.91 Å². The van der Waals surface area contributed by atoms with E-state index in [1.165, 1.54) is 6.21 Å². The summed E-state index contributed by atoms with van der Waals surface area (Å²) >= 11 is 5.38. The third-order valence-corrected chi connectivity index (χ3v) is 4.23. The van der Waals surface area contributed by atoms with Gasteiger partial charge < -0.3 is 9.73 Å². The average molecular weight is 504 g/mol. The van der Waals surface area contributed by atoms with Crippen LogP contribution in [0.5, 0.6) is 0 Å². The standard InChI is InChI=1S/C16H15BrIN3O3/c17-13-5-2-1-4-12(13)16(23)19-9-3-6-15(22)21-20-10-11-7-8-14(18)24-11/h1-2,4-5,7-8,10H,3,6,9H2,(H,19,23)(H,21,22). The molecular formula is C16H15BrIN3O3. The Morgan fingerprint density at radius 3 is 2.75 bits per heavy atom. The lowest BCUT2D eigenvalue weighted by Crippen LogP contribution is -2.26. The maximum absolute atomic E-state index is 12.0. The van der Waals surface area contributed by atoms with Crippen LogP contribution in [0.25, 0.3) is 0 Å². The van der Waals surface area contributed by atoms with E-state index in [9.17, 15) is 9.59 Å². The van der Waals surface area contributed by atoms with Crippen molar-refractivity contribution in [3.8, 4) is 0 Å². The maximum Gasteiger partial charge on any atom is 0.252 e. The Kier molecular flexibility index (Phi) is 7.44. The van der Waals surface area contributed by atoms with Gasteiger partial charge in [0.25, 0.3) is 5.91 Å². The van der Waals surface area contributed by atoms with Gasteiger partial charge >= 0.3 is 0 Å². The van der Waals surface area contributed by atoms with Gasteiger partial charge in [-0.3, -0.25) is 9.59 Å². The first-order chi connectivity index (χ1) is 11.6. The van der Waals surface area contributed by atoms with Gasteiger partial charge in [-0.05, 0) is 69.2 Å². The fourth-order valence-electron chi connectivity index (χ4n) is 1.81. The van der Waals surface area contributed by atoms with Crippen LogP contribution in [0.3, 0.4) is 0 Å². The first-order valence-corrected chi connectivity index (χ1v) is 9.03. The summed E-state index contributed by atoms with van der Waals surface area (Å²) in [5.74, 6) is 0.177. The summed E-state index contributed by atoms with van der Waals surface area (Å²) in [5.41, 5.74) is 2.99. The summed E-state index contributed by atoms with van der Waals surface area (Å²) < 4.78 is 6.77. The van der Waals surface area contributed by atoms with Gasteiger partial charge in [-0.15, -0.1) is 0 Å². The van der Waals surface area contributed by atoms with E-state index in [1.807, 2.05) is 28.7 Å². The molecule has 0 fully saturated rings. The molecule has 0 spiro atoms. The molecule has 1 aromatic heterocycles. The molecule has 0 aliphatic heterocycles. The number of benzene rings is 1. The van der Waals surface area contributed by atoms with Crippen molar-refractivity contribution in [2.75, 3.05) is 6.54 Å². The van der Waals surface area contributed by atoms with Crippen LogP contribution in [0.2, 0.25) is 0 Å². The van der Waals surface area contributed by atoms with E-state index in [4.69, 9.17) is 4.42 Å². The number of hydrogen-bond donors (Lipinski definition) is 2. The van der Waals surface area contributed by atoms with Crippen LogP contribution in [-0.4, -0.2) is 24.6 Å². The highest BCUT2D eigenvalue weighted by atomic mass is 127. The Hall–Kier alpha value is -1.68. The highest BCUT2D eigenvalue weighted by molar-refractivity contribution is 14.1. The minimum Gasteiger partial charge on any atom is -0.449 e. The second kappa shape index (κ2) is 9.58. The highest BCUT2D eigenvalue weighted by Gasteiger charge is 2.08. The molecule has 0 radical (unpaired) electrons. The fraction of sp³-hybridized carbons (Fsp3) is 0.188. The Morgan fingerprint density at radius 1 is 1.25 bits per heavy atom. The number of hydrazone groups is 1. The molecule has 24 heavy (non-hydrogen) atoms. The monoisotopic (exact) mass is 503 g/mol. The number of carbonyl (C=O) groups is 2. The van der Waals surface area contributed by atoms with Gasteiger partial charge in [0.1, 0.15) is 5.76 Å². The lowest BCUT2D eigenvalue weighted by Gasteiger charge is -2.06. The third kappa shape index (κ3) is 6.08. The largest absolute Gasteiger partial charge is 0.449 e. The molecular weight excluding hydrogens is 489 g/mol. The van der Waals surface area contributed by atoms with E-state index in [-0.39, 0.29) is 18.2 Å². The van der Waals surface area contributed by atoms with Crippen LogP contribution in [0.4, 0.5) is 0 Å². The van der Waals surface area contributed by atoms with E-state index in [0.29, 0.717) is 24.3 Å². The zero-order valence-electron chi connectivity index (χ0n) is 12.6. The number of nitrogens with zero attached hydrogens (tertiary/aromatic N) is 1. The zero-order chi connectivity index (χ0) is 17.4. The summed E-state index contributed by atoms with van der Waals surface area (Å²) in [6.45, 7) is 0.410. The molecule has 2 aromatic rings. The number of furan rings is 1. The minimum atomic E-state index is -0.220. The Morgan fingerprint density at radius 2 is 2.04 bits per heavy atom. The number of hydrogen-bond acceptors (Lipinski definition) is 4. The third-order valence-electron chi connectivity index (χ3n) is 2.96. The minimum absolute atomic E-state index is 0.173. The predicted molar refractivity (Wildman–Crippen MR) is 103 cm³/mol. The molecule has 0 saturated carbocycles. The Bertz CT molecular complexity index is 746. The van der Waals surface area contributed by atoms with Crippen LogP contribution in [0.1, 0.15) is 29.0 Å². The summed E-state index contributed by atoms with van der Waals surface area (Å²) in [4.78, 5) is 23.6. The molecule has 2 rings (SSSR count). The second-order valence-corrected chi connectivity index (χ2v) is 6.69. The topological polar surface area (TPSA) is 83.7 Å². The van der Waals surface area contributed by atoms with Crippen molar-refractivity contribution in [3.63, 3.8) is 0 Å². The Labute approximate surface area is 161 Å². The summed E-state index contributed by atoms with van der Waals surface area (Å²) in [6, 6.07) is 10.7. The van der Waals surface area contributed by atoms with Gasteiger partial charge in [0, 0.05) is 17.4 Å². The number of carbonyl (C=O) groups excluding carboxylic acids is 2. The molecule has 0 aliphatic rings. The molecule has 0 saturated heterocycles. The van der Waals surface area contributed by atoms with Gasteiger partial charge in [-0.1, -0.05) is 12.1 Å². The SMILES string of the molecule is O=C(CCCNC(=O)c1ccccc1Br)NN=Cc1ccc(I)o1. The molecule has 2 N–H and O–H groups in total. The number of nitrogens with one attached hydrogen (secondary N) is 2. The van der Waals surface area contributed by atoms with Crippen molar-refractivity contribution in [1.82, 2.24) is 10.7 Å². The molecule has 0 bridgehead atoms. The molecule has 6 nitrogen and oxygen atoms in total. The van der Waals surface area contributed by atoms with Crippen molar-refractivity contribution < 1.29 is 14.0 Å². The fourth-order valence-corrected chi connectivity index (χ4v) is 2.71. The van der Waals surface area contributed by atoms with E-state index >= 15 is 0 Å². The number of rotatable bonds is 7. The molecule has 0 atom stereocenters. The van der Waals surface area contributed by atoms with E-state index in [1.54, 1.807) is 30.3 Å². The smallest absolute Gasteiger partial charge is 0.252 e. The van der Waals surface area contributed by atoms with Crippen LogP contribution >= 0.6 is 38.5 Å². The van der Waals surface area contributed by atoms with Crippen molar-refractivity contribution in [3.05, 3.63) is 56.0 Å². The quantitative estimate of drug-likeness (QED) is 0.263. The molecule has 8 heteroatoms. The zero-order valence-corrected chi connectivity index (χ0v) is 16.3. The van der Waals surface area contributed by atoms with Crippen molar-refractivity contribution >= 4 is 56.5 Å². The van der Waals surface area contributed by atoms with Gasteiger partial charge in [-0.25, -0.2) is 5.43 Å². The van der Waals surface area contributed by atoms with E-state index in [2.05, 4.69) is 31.8 Å². The normalized spacial score (nSPS) is 10.8. The summed E-state index contributed by atoms with van der Waals surface area (Å²) in [6.07, 6.45) is 2.23. The van der Waals surface area contributed by atoms with E-state index in [0.717, 1.165) is 8.24 Å². The molecule has 126 valence electrons. The molecule has 0 aliphatic carbocycles. The lowest BCUT2D eigenvalue weighted by molar-refractivity contribution is -0.121. The van der Waals surface area contributed by atoms with Crippen molar-refractivity contribution in [2.24, 2.45) is 5.10 Å². The van der Waals surface area contributed by atoms with Gasteiger partial charge in [-0.2, -0.15) is 5.10 Å². The first-order valence-electron chi connectivity index (χ1n) is 7.16. The predicted octanol–water partition coefficient (Wildman–Crippen LogP) is 3.31. The van der Waals surface area contributed by atoms with Crippen LogP contribution in [0, 0.1) is 3.77 Å². The molecule has 0 unspecified atom stereocenters. The van der Waals surface area contributed by atoms with Crippen molar-refractivity contribution in [2.45, 2.75) is 12.8 Å². The van der Waals surface area contributed by atoms with E-state index < -0.39 is 0 Å². The van der Waals surface area contributed by atoms with Crippen LogP contribution in [-0.2, 0) is 4.79 Å². The van der Waals surface area contributed by atoms with Crippen LogP contribution < -0.4 is 10.7 Å². The molecule has 1 aromatic carbocycles. The number of halogens is 2. The molecule has 2 amide bonds.